The van der Waals surface area contributed by atoms with Crippen molar-refractivity contribution in [3.63, 3.8) is 0 Å². The fourth-order valence-electron chi connectivity index (χ4n) is 4.11. The largest absolute Gasteiger partial charge is 0.493 e. The van der Waals surface area contributed by atoms with Crippen LogP contribution in [0.5, 0.6) is 5.75 Å². The van der Waals surface area contributed by atoms with Crippen LogP contribution in [-0.2, 0) is 11.3 Å². The minimum Gasteiger partial charge on any atom is -0.493 e. The number of morpholine rings is 1. The SMILES string of the molecule is Cl.c1ccc(OCC2CC2)c(CNC2CCCC2C2COCCN2)c1. The lowest BCUT2D eigenvalue weighted by Crippen LogP contribution is -2.50. The van der Waals surface area contributed by atoms with E-state index in [1.54, 1.807) is 0 Å². The summed E-state index contributed by atoms with van der Waals surface area (Å²) < 4.78 is 11.7. The maximum Gasteiger partial charge on any atom is 0.123 e. The molecule has 0 aromatic heterocycles. The molecule has 3 aliphatic rings. The van der Waals surface area contributed by atoms with Crippen molar-refractivity contribution >= 4 is 12.4 Å². The van der Waals surface area contributed by atoms with Crippen LogP contribution in [0.1, 0.15) is 37.7 Å². The fraction of sp³-hybridized carbons (Fsp3) is 0.700. The number of ether oxygens (including phenoxy) is 2. The Labute approximate surface area is 157 Å². The molecule has 3 unspecified atom stereocenters. The van der Waals surface area contributed by atoms with Gasteiger partial charge in [-0.3, -0.25) is 0 Å². The topological polar surface area (TPSA) is 42.5 Å². The van der Waals surface area contributed by atoms with Gasteiger partial charge < -0.3 is 20.1 Å². The fourth-order valence-corrected chi connectivity index (χ4v) is 4.11. The number of hydrogen-bond donors (Lipinski definition) is 2. The quantitative estimate of drug-likeness (QED) is 0.778. The van der Waals surface area contributed by atoms with Crippen LogP contribution in [0.2, 0.25) is 0 Å². The van der Waals surface area contributed by atoms with Crippen molar-refractivity contribution in [3.8, 4) is 5.75 Å². The number of benzene rings is 1. The van der Waals surface area contributed by atoms with E-state index in [0.717, 1.165) is 44.6 Å². The highest BCUT2D eigenvalue weighted by Crippen LogP contribution is 2.32. The van der Waals surface area contributed by atoms with Crippen LogP contribution >= 0.6 is 12.4 Å². The maximum atomic E-state index is 6.05. The second kappa shape index (κ2) is 9.22. The van der Waals surface area contributed by atoms with Crippen molar-refractivity contribution in [2.24, 2.45) is 11.8 Å². The number of rotatable bonds is 7. The molecular weight excluding hydrogens is 336 g/mol. The summed E-state index contributed by atoms with van der Waals surface area (Å²) in [6.45, 7) is 4.49. The highest BCUT2D eigenvalue weighted by molar-refractivity contribution is 5.85. The first-order valence-corrected chi connectivity index (χ1v) is 9.65. The average molecular weight is 367 g/mol. The lowest BCUT2D eigenvalue weighted by Gasteiger charge is -2.33. The van der Waals surface area contributed by atoms with Gasteiger partial charge in [0.25, 0.3) is 0 Å². The van der Waals surface area contributed by atoms with Crippen LogP contribution in [0.25, 0.3) is 0 Å². The molecule has 0 bridgehead atoms. The predicted molar refractivity (Wildman–Crippen MR) is 102 cm³/mol. The second-order valence-electron chi connectivity index (χ2n) is 7.58. The molecule has 25 heavy (non-hydrogen) atoms. The molecule has 3 fully saturated rings. The number of hydrogen-bond acceptors (Lipinski definition) is 4. The molecule has 1 saturated heterocycles. The number of para-hydroxylation sites is 1. The minimum atomic E-state index is 0. The summed E-state index contributed by atoms with van der Waals surface area (Å²) in [6, 6.07) is 9.60. The van der Waals surface area contributed by atoms with Crippen LogP contribution in [0, 0.1) is 11.8 Å². The van der Waals surface area contributed by atoms with Crippen molar-refractivity contribution in [3.05, 3.63) is 29.8 Å². The number of halogens is 1. The third kappa shape index (κ3) is 5.10. The van der Waals surface area contributed by atoms with Gasteiger partial charge in [-0.2, -0.15) is 0 Å². The molecule has 1 aromatic rings. The third-order valence-corrected chi connectivity index (χ3v) is 5.74. The molecule has 3 atom stereocenters. The van der Waals surface area contributed by atoms with Gasteiger partial charge in [-0.1, -0.05) is 24.6 Å². The van der Waals surface area contributed by atoms with E-state index in [2.05, 4.69) is 34.9 Å². The Bertz CT molecular complexity index is 532. The summed E-state index contributed by atoms with van der Waals surface area (Å²) >= 11 is 0. The van der Waals surface area contributed by atoms with E-state index in [-0.39, 0.29) is 12.4 Å². The van der Waals surface area contributed by atoms with Gasteiger partial charge >= 0.3 is 0 Å². The van der Waals surface area contributed by atoms with Crippen molar-refractivity contribution in [1.82, 2.24) is 10.6 Å². The maximum absolute atomic E-state index is 6.05. The Kier molecular flexibility index (Phi) is 7.00. The Balaban J connectivity index is 0.00000182. The zero-order valence-electron chi connectivity index (χ0n) is 14.9. The van der Waals surface area contributed by atoms with Crippen molar-refractivity contribution < 1.29 is 9.47 Å². The van der Waals surface area contributed by atoms with Gasteiger partial charge in [0.2, 0.25) is 0 Å². The van der Waals surface area contributed by atoms with Crippen molar-refractivity contribution in [2.45, 2.75) is 50.7 Å². The lowest BCUT2D eigenvalue weighted by molar-refractivity contribution is 0.0524. The minimum absolute atomic E-state index is 0. The molecular formula is C20H31ClN2O2. The predicted octanol–water partition coefficient (Wildman–Crippen LogP) is 3.14. The zero-order chi connectivity index (χ0) is 16.2. The highest BCUT2D eigenvalue weighted by Gasteiger charge is 2.34. The van der Waals surface area contributed by atoms with E-state index >= 15 is 0 Å². The Morgan fingerprint density at radius 2 is 2.04 bits per heavy atom. The van der Waals surface area contributed by atoms with Crippen LogP contribution in [0.3, 0.4) is 0 Å². The summed E-state index contributed by atoms with van der Waals surface area (Å²) in [4.78, 5) is 0. The normalized spacial score (nSPS) is 29.2. The van der Waals surface area contributed by atoms with E-state index < -0.39 is 0 Å². The summed E-state index contributed by atoms with van der Waals surface area (Å²) in [7, 11) is 0. The van der Waals surface area contributed by atoms with Crippen LogP contribution in [0.4, 0.5) is 0 Å². The molecule has 4 rings (SSSR count). The van der Waals surface area contributed by atoms with Gasteiger partial charge in [0.15, 0.2) is 0 Å². The first kappa shape index (κ1) is 19.0. The molecule has 4 nitrogen and oxygen atoms in total. The van der Waals surface area contributed by atoms with Gasteiger partial charge in [0.1, 0.15) is 5.75 Å². The molecule has 0 spiro atoms. The molecule has 1 heterocycles. The van der Waals surface area contributed by atoms with Crippen LogP contribution in [-0.4, -0.2) is 38.4 Å². The smallest absolute Gasteiger partial charge is 0.123 e. The summed E-state index contributed by atoms with van der Waals surface area (Å²) in [6.07, 6.45) is 6.56. The van der Waals surface area contributed by atoms with Crippen molar-refractivity contribution in [1.29, 1.82) is 0 Å². The summed E-state index contributed by atoms with van der Waals surface area (Å²) in [5, 5.41) is 7.46. The monoisotopic (exact) mass is 366 g/mol. The molecule has 2 saturated carbocycles. The average Bonchev–Trinajstić information content (AvgIpc) is 3.35. The van der Waals surface area contributed by atoms with Gasteiger partial charge in [0.05, 0.1) is 19.8 Å². The van der Waals surface area contributed by atoms with Crippen molar-refractivity contribution in [2.75, 3.05) is 26.4 Å². The Morgan fingerprint density at radius 3 is 2.84 bits per heavy atom. The molecule has 1 aromatic carbocycles. The zero-order valence-corrected chi connectivity index (χ0v) is 15.7. The third-order valence-electron chi connectivity index (χ3n) is 5.74. The first-order chi connectivity index (χ1) is 11.9. The second-order valence-corrected chi connectivity index (χ2v) is 7.58. The Morgan fingerprint density at radius 1 is 1.16 bits per heavy atom. The van der Waals surface area contributed by atoms with Gasteiger partial charge in [-0.05, 0) is 43.6 Å². The molecule has 2 N–H and O–H groups in total. The molecule has 0 amide bonds. The summed E-state index contributed by atoms with van der Waals surface area (Å²) in [5.74, 6) is 2.54. The van der Waals surface area contributed by atoms with E-state index in [9.17, 15) is 0 Å². The molecule has 140 valence electrons. The standard InChI is InChI=1S/C20H30N2O2.ClH/c1-2-7-20(24-13-15-8-9-15)16(4-1)12-22-18-6-3-5-17(18)19-14-23-11-10-21-19;/h1-2,4,7,15,17-19,21-22H,3,5-6,8-14H2;1H. The highest BCUT2D eigenvalue weighted by atomic mass is 35.5. The molecule has 0 radical (unpaired) electrons. The van der Waals surface area contributed by atoms with Gasteiger partial charge in [-0.25, -0.2) is 0 Å². The summed E-state index contributed by atoms with van der Waals surface area (Å²) in [5.41, 5.74) is 1.29. The lowest BCUT2D eigenvalue weighted by atomic mass is 9.94. The Hall–Kier alpha value is -0.810. The molecule has 5 heteroatoms. The van der Waals surface area contributed by atoms with E-state index in [4.69, 9.17) is 9.47 Å². The number of nitrogens with one attached hydrogen (secondary N) is 2. The van der Waals surface area contributed by atoms with Gasteiger partial charge in [0, 0.05) is 30.7 Å². The van der Waals surface area contributed by atoms with E-state index in [0.29, 0.717) is 18.0 Å². The van der Waals surface area contributed by atoms with Crippen LogP contribution in [0.15, 0.2) is 24.3 Å². The van der Waals surface area contributed by atoms with Gasteiger partial charge in [-0.15, -0.1) is 12.4 Å². The van der Waals surface area contributed by atoms with E-state index in [1.807, 2.05) is 0 Å². The first-order valence-electron chi connectivity index (χ1n) is 9.65. The van der Waals surface area contributed by atoms with E-state index in [1.165, 1.54) is 37.7 Å². The molecule has 1 aliphatic heterocycles. The van der Waals surface area contributed by atoms with Crippen LogP contribution < -0.4 is 15.4 Å². The molecule has 2 aliphatic carbocycles.